The molecule has 2 nitrogen and oxygen atoms in total. The lowest BCUT2D eigenvalue weighted by molar-refractivity contribution is 0.334. The maximum atomic E-state index is 5.67. The number of nitrogens with one attached hydrogen (secondary N) is 1. The zero-order valence-electron chi connectivity index (χ0n) is 9.56. The van der Waals surface area contributed by atoms with Crippen molar-refractivity contribution >= 4 is 15.9 Å². The Morgan fingerprint density at radius 2 is 2.13 bits per heavy atom. The molecule has 3 heteroatoms. The Balaban J connectivity index is 2.97. The van der Waals surface area contributed by atoms with Crippen molar-refractivity contribution in [2.45, 2.75) is 20.3 Å². The molecule has 0 unspecified atom stereocenters. The Labute approximate surface area is 100 Å². The van der Waals surface area contributed by atoms with Gasteiger partial charge in [-0.1, -0.05) is 15.9 Å². The Morgan fingerprint density at radius 1 is 1.40 bits per heavy atom. The largest absolute Gasteiger partial charge is 0.493 e. The average Bonchev–Trinajstić information content (AvgIpc) is 2.19. The second kappa shape index (κ2) is 6.13. The van der Waals surface area contributed by atoms with E-state index in [2.05, 4.69) is 40.3 Å². The van der Waals surface area contributed by atoms with Gasteiger partial charge in [0.15, 0.2) is 0 Å². The molecule has 0 bridgehead atoms. The van der Waals surface area contributed by atoms with Crippen molar-refractivity contribution in [1.29, 1.82) is 0 Å². The van der Waals surface area contributed by atoms with Gasteiger partial charge in [-0.05, 0) is 57.1 Å². The molecule has 0 aromatic heterocycles. The third kappa shape index (κ3) is 3.50. The van der Waals surface area contributed by atoms with Crippen molar-refractivity contribution < 1.29 is 4.74 Å². The molecule has 1 rings (SSSR count). The van der Waals surface area contributed by atoms with Gasteiger partial charge in [0, 0.05) is 4.47 Å². The van der Waals surface area contributed by atoms with Crippen LogP contribution < -0.4 is 10.1 Å². The lowest BCUT2D eigenvalue weighted by Gasteiger charge is -2.13. The molecule has 0 saturated heterocycles. The average molecular weight is 272 g/mol. The fourth-order valence-corrected chi connectivity index (χ4v) is 2.22. The van der Waals surface area contributed by atoms with Crippen LogP contribution in [-0.2, 0) is 6.42 Å². The van der Waals surface area contributed by atoms with Crippen LogP contribution in [0.25, 0.3) is 0 Å². The maximum absolute atomic E-state index is 5.67. The first kappa shape index (κ1) is 12.5. The lowest BCUT2D eigenvalue weighted by Crippen LogP contribution is -2.11. The van der Waals surface area contributed by atoms with E-state index in [9.17, 15) is 0 Å². The van der Waals surface area contributed by atoms with Crippen molar-refractivity contribution in [3.05, 3.63) is 27.7 Å². The topological polar surface area (TPSA) is 21.3 Å². The van der Waals surface area contributed by atoms with Crippen molar-refractivity contribution in [3.63, 3.8) is 0 Å². The van der Waals surface area contributed by atoms with Gasteiger partial charge in [0.1, 0.15) is 5.75 Å². The van der Waals surface area contributed by atoms with Crippen LogP contribution in [0.2, 0.25) is 0 Å². The van der Waals surface area contributed by atoms with Gasteiger partial charge in [0.05, 0.1) is 6.61 Å². The molecule has 0 amide bonds. The van der Waals surface area contributed by atoms with Gasteiger partial charge in [-0.15, -0.1) is 0 Å². The lowest BCUT2D eigenvalue weighted by atomic mass is 10.1. The van der Waals surface area contributed by atoms with Gasteiger partial charge >= 0.3 is 0 Å². The molecule has 1 aromatic carbocycles. The predicted octanol–water partition coefficient (Wildman–Crippen LogP) is 2.92. The molecule has 84 valence electrons. The normalized spacial score (nSPS) is 10.4. The number of ether oxygens (including phenoxy) is 1. The van der Waals surface area contributed by atoms with Gasteiger partial charge in [-0.25, -0.2) is 0 Å². The SMILES string of the molecule is CCOc1c(C)cc(Br)cc1CCNC. The third-order valence-electron chi connectivity index (χ3n) is 2.25. The zero-order valence-corrected chi connectivity index (χ0v) is 11.1. The molecule has 0 atom stereocenters. The van der Waals surface area contributed by atoms with E-state index in [1.54, 1.807) is 0 Å². The van der Waals surface area contributed by atoms with Gasteiger partial charge < -0.3 is 10.1 Å². The fourth-order valence-electron chi connectivity index (χ4n) is 1.60. The summed E-state index contributed by atoms with van der Waals surface area (Å²) in [4.78, 5) is 0. The summed E-state index contributed by atoms with van der Waals surface area (Å²) in [5.41, 5.74) is 2.45. The second-order valence-corrected chi connectivity index (χ2v) is 4.41. The van der Waals surface area contributed by atoms with E-state index >= 15 is 0 Å². The van der Waals surface area contributed by atoms with Gasteiger partial charge in [-0.2, -0.15) is 0 Å². The van der Waals surface area contributed by atoms with Crippen LogP contribution in [0.15, 0.2) is 16.6 Å². The van der Waals surface area contributed by atoms with Crippen LogP contribution in [0.3, 0.4) is 0 Å². The Kier molecular flexibility index (Phi) is 5.12. The monoisotopic (exact) mass is 271 g/mol. The molecular weight excluding hydrogens is 254 g/mol. The molecule has 0 radical (unpaired) electrons. The minimum atomic E-state index is 0.717. The van der Waals surface area contributed by atoms with Crippen LogP contribution in [0.4, 0.5) is 0 Å². The summed E-state index contributed by atoms with van der Waals surface area (Å²) in [6.07, 6.45) is 0.992. The summed E-state index contributed by atoms with van der Waals surface area (Å²) in [5, 5.41) is 3.15. The summed E-state index contributed by atoms with van der Waals surface area (Å²) in [6.45, 7) is 5.78. The van der Waals surface area contributed by atoms with E-state index in [4.69, 9.17) is 4.74 Å². The highest BCUT2D eigenvalue weighted by molar-refractivity contribution is 9.10. The highest BCUT2D eigenvalue weighted by atomic mass is 79.9. The van der Waals surface area contributed by atoms with Crippen LogP contribution in [0.1, 0.15) is 18.1 Å². The molecule has 15 heavy (non-hydrogen) atoms. The summed E-state index contributed by atoms with van der Waals surface area (Å²) in [7, 11) is 1.96. The first-order valence-corrected chi connectivity index (χ1v) is 6.04. The second-order valence-electron chi connectivity index (χ2n) is 3.50. The highest BCUT2D eigenvalue weighted by Crippen LogP contribution is 2.28. The molecule has 1 N–H and O–H groups in total. The third-order valence-corrected chi connectivity index (χ3v) is 2.71. The summed E-state index contributed by atoms with van der Waals surface area (Å²) in [6, 6.07) is 4.23. The Bertz CT molecular complexity index is 326. The number of aryl methyl sites for hydroxylation is 1. The summed E-state index contributed by atoms with van der Waals surface area (Å²) >= 11 is 3.51. The smallest absolute Gasteiger partial charge is 0.125 e. The molecular formula is C12H18BrNO. The number of likely N-dealkylation sites (N-methyl/N-ethyl adjacent to an activating group) is 1. The van der Waals surface area contributed by atoms with Crippen molar-refractivity contribution in [3.8, 4) is 5.75 Å². The van der Waals surface area contributed by atoms with E-state index < -0.39 is 0 Å². The van der Waals surface area contributed by atoms with E-state index in [0.717, 1.165) is 29.8 Å². The Hall–Kier alpha value is -0.540. The summed E-state index contributed by atoms with van der Waals surface area (Å²) < 4.78 is 6.79. The molecule has 0 aliphatic carbocycles. The molecule has 0 heterocycles. The van der Waals surface area contributed by atoms with Crippen molar-refractivity contribution in [2.24, 2.45) is 0 Å². The fraction of sp³-hybridized carbons (Fsp3) is 0.500. The highest BCUT2D eigenvalue weighted by Gasteiger charge is 2.07. The van der Waals surface area contributed by atoms with Crippen LogP contribution in [0.5, 0.6) is 5.75 Å². The maximum Gasteiger partial charge on any atom is 0.125 e. The number of benzene rings is 1. The molecule has 0 saturated carbocycles. The van der Waals surface area contributed by atoms with E-state index in [1.807, 2.05) is 14.0 Å². The van der Waals surface area contributed by atoms with Crippen molar-refractivity contribution in [2.75, 3.05) is 20.2 Å². The van der Waals surface area contributed by atoms with E-state index in [1.165, 1.54) is 11.1 Å². The first-order valence-electron chi connectivity index (χ1n) is 5.25. The van der Waals surface area contributed by atoms with E-state index in [-0.39, 0.29) is 0 Å². The standard InChI is InChI=1S/C12H18BrNO/c1-4-15-12-9(2)7-11(13)8-10(12)5-6-14-3/h7-8,14H,4-6H2,1-3H3. The zero-order chi connectivity index (χ0) is 11.3. The first-order chi connectivity index (χ1) is 7.19. The van der Waals surface area contributed by atoms with Gasteiger partial charge in [0.25, 0.3) is 0 Å². The summed E-state index contributed by atoms with van der Waals surface area (Å²) in [5.74, 6) is 1.04. The predicted molar refractivity (Wildman–Crippen MR) is 67.7 cm³/mol. The molecule has 0 aliphatic rings. The van der Waals surface area contributed by atoms with Crippen LogP contribution in [0, 0.1) is 6.92 Å². The van der Waals surface area contributed by atoms with Crippen LogP contribution >= 0.6 is 15.9 Å². The molecule has 0 aliphatic heterocycles. The molecule has 0 spiro atoms. The minimum absolute atomic E-state index is 0.717. The number of hydrogen-bond acceptors (Lipinski definition) is 2. The number of hydrogen-bond donors (Lipinski definition) is 1. The van der Waals surface area contributed by atoms with Gasteiger partial charge in [-0.3, -0.25) is 0 Å². The van der Waals surface area contributed by atoms with Crippen molar-refractivity contribution in [1.82, 2.24) is 5.32 Å². The van der Waals surface area contributed by atoms with Gasteiger partial charge in [0.2, 0.25) is 0 Å². The minimum Gasteiger partial charge on any atom is -0.493 e. The number of halogens is 1. The van der Waals surface area contributed by atoms with Crippen LogP contribution in [-0.4, -0.2) is 20.2 Å². The number of rotatable bonds is 5. The molecule has 1 aromatic rings. The van der Waals surface area contributed by atoms with E-state index in [0.29, 0.717) is 0 Å². The Morgan fingerprint density at radius 3 is 2.73 bits per heavy atom. The quantitative estimate of drug-likeness (QED) is 0.889. The molecule has 0 fully saturated rings.